The minimum Gasteiger partial charge on any atom is -0.340 e. The number of aryl methyl sites for hydroxylation is 1. The molecular formula is C17H20N2O3S. The second-order valence-corrected chi connectivity index (χ2v) is 8.18. The Morgan fingerprint density at radius 1 is 1.43 bits per heavy atom. The van der Waals surface area contributed by atoms with E-state index in [-0.39, 0.29) is 23.5 Å². The minimum atomic E-state index is -3.04. The van der Waals surface area contributed by atoms with Crippen molar-refractivity contribution in [2.24, 2.45) is 7.05 Å². The van der Waals surface area contributed by atoms with Crippen LogP contribution in [-0.2, 0) is 16.9 Å². The van der Waals surface area contributed by atoms with Crippen LogP contribution in [0.5, 0.6) is 0 Å². The van der Waals surface area contributed by atoms with Crippen molar-refractivity contribution < 1.29 is 13.2 Å². The monoisotopic (exact) mass is 332 g/mol. The van der Waals surface area contributed by atoms with E-state index in [1.54, 1.807) is 11.0 Å². The lowest BCUT2D eigenvalue weighted by molar-refractivity contribution is 0.0711. The van der Waals surface area contributed by atoms with Gasteiger partial charge in [-0.15, -0.1) is 6.58 Å². The standard InChI is InChI=1S/C17H20N2O3S/c1-3-9-19(14-8-10-23(21,22)12-14)17(20)16-11-13-6-4-5-7-15(13)18(16)2/h3-7,11,14H,1,8-10,12H2,2H3/t14-/m1/s1. The molecule has 1 aliphatic rings. The van der Waals surface area contributed by atoms with E-state index < -0.39 is 9.84 Å². The number of carbonyl (C=O) groups excluding carboxylic acids is 1. The molecule has 0 radical (unpaired) electrons. The molecule has 6 heteroatoms. The third kappa shape index (κ3) is 2.91. The zero-order valence-corrected chi connectivity index (χ0v) is 13.9. The van der Waals surface area contributed by atoms with E-state index in [1.165, 1.54) is 0 Å². The Morgan fingerprint density at radius 2 is 2.17 bits per heavy atom. The van der Waals surface area contributed by atoms with Gasteiger partial charge in [0.25, 0.3) is 5.91 Å². The topological polar surface area (TPSA) is 59.4 Å². The molecule has 1 atom stereocenters. The summed E-state index contributed by atoms with van der Waals surface area (Å²) in [5.41, 5.74) is 1.55. The maximum Gasteiger partial charge on any atom is 0.271 e. The van der Waals surface area contributed by atoms with Gasteiger partial charge in [-0.2, -0.15) is 0 Å². The third-order valence-electron chi connectivity index (χ3n) is 4.41. The van der Waals surface area contributed by atoms with Gasteiger partial charge in [0.05, 0.1) is 11.5 Å². The molecule has 0 bridgehead atoms. The summed E-state index contributed by atoms with van der Waals surface area (Å²) < 4.78 is 25.4. The molecule has 2 aromatic rings. The first-order chi connectivity index (χ1) is 10.9. The lowest BCUT2D eigenvalue weighted by Gasteiger charge is -2.27. The lowest BCUT2D eigenvalue weighted by atomic mass is 10.2. The predicted octanol–water partition coefficient (Wildman–Crippen LogP) is 1.99. The van der Waals surface area contributed by atoms with Gasteiger partial charge in [-0.1, -0.05) is 24.3 Å². The van der Waals surface area contributed by atoms with Crippen LogP contribution in [0.2, 0.25) is 0 Å². The minimum absolute atomic E-state index is 0.0382. The van der Waals surface area contributed by atoms with Crippen LogP contribution in [0.25, 0.3) is 10.9 Å². The summed E-state index contributed by atoms with van der Waals surface area (Å²) in [4.78, 5) is 14.6. The average molecular weight is 332 g/mol. The number of aromatic nitrogens is 1. The van der Waals surface area contributed by atoms with Gasteiger partial charge in [-0.25, -0.2) is 8.42 Å². The first-order valence-electron chi connectivity index (χ1n) is 7.59. The fourth-order valence-corrected chi connectivity index (χ4v) is 4.93. The van der Waals surface area contributed by atoms with Crippen LogP contribution in [0.15, 0.2) is 43.0 Å². The van der Waals surface area contributed by atoms with E-state index in [4.69, 9.17) is 0 Å². The summed E-state index contributed by atoms with van der Waals surface area (Å²) in [7, 11) is -1.19. The Morgan fingerprint density at radius 3 is 2.78 bits per heavy atom. The number of carbonyl (C=O) groups is 1. The van der Waals surface area contributed by atoms with Crippen molar-refractivity contribution in [3.63, 3.8) is 0 Å². The van der Waals surface area contributed by atoms with Crippen molar-refractivity contribution in [3.8, 4) is 0 Å². The van der Waals surface area contributed by atoms with Gasteiger partial charge in [-0.3, -0.25) is 4.79 Å². The average Bonchev–Trinajstić information content (AvgIpc) is 3.05. The molecule has 1 fully saturated rings. The fraction of sp³-hybridized carbons (Fsp3) is 0.353. The molecule has 3 rings (SSSR count). The summed E-state index contributed by atoms with van der Waals surface area (Å²) in [5.74, 6) is 0.0372. The highest BCUT2D eigenvalue weighted by molar-refractivity contribution is 7.91. The van der Waals surface area contributed by atoms with Gasteiger partial charge in [0, 0.05) is 30.5 Å². The van der Waals surface area contributed by atoms with Crippen molar-refractivity contribution in [3.05, 3.63) is 48.7 Å². The van der Waals surface area contributed by atoms with Crippen molar-refractivity contribution in [2.45, 2.75) is 12.5 Å². The van der Waals surface area contributed by atoms with Crippen LogP contribution in [-0.4, -0.2) is 47.9 Å². The van der Waals surface area contributed by atoms with Gasteiger partial charge < -0.3 is 9.47 Å². The number of amides is 1. The summed E-state index contributed by atoms with van der Waals surface area (Å²) in [6, 6.07) is 9.37. The summed E-state index contributed by atoms with van der Waals surface area (Å²) in [5, 5.41) is 0.996. The number of fused-ring (bicyclic) bond motifs is 1. The summed E-state index contributed by atoms with van der Waals surface area (Å²) >= 11 is 0. The van der Waals surface area contributed by atoms with Crippen molar-refractivity contribution >= 4 is 26.6 Å². The van der Waals surface area contributed by atoms with E-state index >= 15 is 0 Å². The second kappa shape index (κ2) is 5.85. The molecule has 23 heavy (non-hydrogen) atoms. The molecule has 1 aliphatic heterocycles. The Hall–Kier alpha value is -2.08. The number of sulfone groups is 1. The van der Waals surface area contributed by atoms with Gasteiger partial charge in [0.1, 0.15) is 5.69 Å². The maximum absolute atomic E-state index is 13.0. The first-order valence-corrected chi connectivity index (χ1v) is 9.42. The number of rotatable bonds is 4. The predicted molar refractivity (Wildman–Crippen MR) is 91.2 cm³/mol. The van der Waals surface area contributed by atoms with Crippen LogP contribution < -0.4 is 0 Å². The van der Waals surface area contributed by atoms with Gasteiger partial charge >= 0.3 is 0 Å². The molecule has 1 saturated heterocycles. The van der Waals surface area contributed by atoms with Crippen LogP contribution in [0.4, 0.5) is 0 Å². The Kier molecular flexibility index (Phi) is 4.02. The quantitative estimate of drug-likeness (QED) is 0.805. The lowest BCUT2D eigenvalue weighted by Crippen LogP contribution is -2.41. The molecule has 5 nitrogen and oxygen atoms in total. The van der Waals surface area contributed by atoms with Crippen LogP contribution >= 0.6 is 0 Å². The van der Waals surface area contributed by atoms with Crippen molar-refractivity contribution in [1.82, 2.24) is 9.47 Å². The molecule has 1 aromatic heterocycles. The normalized spacial score (nSPS) is 19.8. The van der Waals surface area contributed by atoms with E-state index in [0.29, 0.717) is 18.7 Å². The molecule has 0 unspecified atom stereocenters. The third-order valence-corrected chi connectivity index (χ3v) is 6.16. The van der Waals surface area contributed by atoms with Crippen LogP contribution in [0, 0.1) is 0 Å². The van der Waals surface area contributed by atoms with Crippen LogP contribution in [0.1, 0.15) is 16.9 Å². The highest BCUT2D eigenvalue weighted by Gasteiger charge is 2.35. The highest BCUT2D eigenvalue weighted by Crippen LogP contribution is 2.23. The molecule has 1 amide bonds. The molecule has 1 aromatic carbocycles. The van der Waals surface area contributed by atoms with Crippen LogP contribution in [0.3, 0.4) is 0 Å². The van der Waals surface area contributed by atoms with Gasteiger partial charge in [0.2, 0.25) is 0 Å². The number of hydrogen-bond acceptors (Lipinski definition) is 3. The van der Waals surface area contributed by atoms with E-state index in [0.717, 1.165) is 10.9 Å². The fourth-order valence-electron chi connectivity index (χ4n) is 3.20. The van der Waals surface area contributed by atoms with Crippen molar-refractivity contribution in [1.29, 1.82) is 0 Å². The van der Waals surface area contributed by atoms with Crippen molar-refractivity contribution in [2.75, 3.05) is 18.1 Å². The Bertz CT molecular complexity index is 867. The zero-order chi connectivity index (χ0) is 16.6. The first kappa shape index (κ1) is 15.8. The highest BCUT2D eigenvalue weighted by atomic mass is 32.2. The molecule has 122 valence electrons. The molecule has 0 saturated carbocycles. The van der Waals surface area contributed by atoms with E-state index in [9.17, 15) is 13.2 Å². The molecule has 2 heterocycles. The van der Waals surface area contributed by atoms with E-state index in [1.807, 2.05) is 41.9 Å². The smallest absolute Gasteiger partial charge is 0.271 e. The number of benzene rings is 1. The SMILES string of the molecule is C=CCN(C(=O)c1cc2ccccc2n1C)[C@@H]1CCS(=O)(=O)C1. The Balaban J connectivity index is 1.97. The number of para-hydroxylation sites is 1. The number of hydrogen-bond donors (Lipinski definition) is 0. The zero-order valence-electron chi connectivity index (χ0n) is 13.1. The van der Waals surface area contributed by atoms with E-state index in [2.05, 4.69) is 6.58 Å². The number of nitrogens with zero attached hydrogens (tertiary/aromatic N) is 2. The maximum atomic E-state index is 13.0. The van der Waals surface area contributed by atoms with Gasteiger partial charge in [0.15, 0.2) is 9.84 Å². The molecular weight excluding hydrogens is 312 g/mol. The molecule has 0 spiro atoms. The molecule has 0 N–H and O–H groups in total. The van der Waals surface area contributed by atoms with Gasteiger partial charge in [-0.05, 0) is 18.6 Å². The Labute approximate surface area is 136 Å². The molecule has 0 aliphatic carbocycles. The summed E-state index contributed by atoms with van der Waals surface area (Å²) in [6.45, 7) is 4.05. The summed E-state index contributed by atoms with van der Waals surface area (Å²) in [6.07, 6.45) is 2.14. The second-order valence-electron chi connectivity index (χ2n) is 5.95. The largest absolute Gasteiger partial charge is 0.340 e.